The van der Waals surface area contributed by atoms with Crippen molar-refractivity contribution in [3.8, 4) is 0 Å². The summed E-state index contributed by atoms with van der Waals surface area (Å²) in [7, 11) is 4.61. The Morgan fingerprint density at radius 3 is 1.79 bits per heavy atom. The molecular formula is C25H56FNO11. The number of ether oxygens (including phenoxy) is 2. The van der Waals surface area contributed by atoms with Gasteiger partial charge in [-0.2, -0.15) is 4.94 Å². The van der Waals surface area contributed by atoms with E-state index in [2.05, 4.69) is 4.94 Å². The highest BCUT2D eigenvalue weighted by Crippen LogP contribution is 2.24. The van der Waals surface area contributed by atoms with E-state index in [4.69, 9.17) is 35.0 Å². The fourth-order valence-corrected chi connectivity index (χ4v) is 3.48. The molecule has 0 bridgehead atoms. The number of halogens is 1. The molecule has 7 unspecified atom stereocenters. The van der Waals surface area contributed by atoms with Crippen molar-refractivity contribution in [2.75, 3.05) is 54.2 Å². The first kappa shape index (κ1) is 41.9. The monoisotopic (exact) mass is 565 g/mol. The molecule has 0 spiro atoms. The molecule has 0 radical (unpaired) electrons. The molecule has 2 aliphatic rings. The molecule has 0 amide bonds. The van der Waals surface area contributed by atoms with Crippen molar-refractivity contribution in [2.24, 2.45) is 5.92 Å². The molecule has 0 aromatic heterocycles. The van der Waals surface area contributed by atoms with Crippen molar-refractivity contribution in [2.45, 2.75) is 102 Å². The molecule has 2 fully saturated rings. The topological polar surface area (TPSA) is 193 Å². The Kier molecular flexibility index (Phi) is 29.4. The average Bonchev–Trinajstić information content (AvgIpc) is 2.86. The van der Waals surface area contributed by atoms with E-state index in [1.165, 1.54) is 0 Å². The SMILES string of the molecule is CC.CC(C)C1CC(O)CC(COF)O1.CN(C)CC(O)CC(O)[C@H](O)CO.CO.OC1COCC(O)C1. The molecule has 234 valence electrons. The van der Waals surface area contributed by atoms with Crippen LogP contribution in [0.2, 0.25) is 0 Å². The molecule has 38 heavy (non-hydrogen) atoms. The van der Waals surface area contributed by atoms with Gasteiger partial charge in [0.05, 0.1) is 62.5 Å². The van der Waals surface area contributed by atoms with Gasteiger partial charge in [-0.3, -0.25) is 0 Å². The molecule has 13 heteroatoms. The van der Waals surface area contributed by atoms with E-state index in [9.17, 15) is 19.8 Å². The second-order valence-electron chi connectivity index (χ2n) is 9.49. The largest absolute Gasteiger partial charge is 0.400 e. The third-order valence-electron chi connectivity index (χ3n) is 5.28. The first-order chi connectivity index (χ1) is 17.9. The lowest BCUT2D eigenvalue weighted by molar-refractivity contribution is -0.199. The summed E-state index contributed by atoms with van der Waals surface area (Å²) in [5.74, 6) is 0.345. The minimum absolute atomic E-state index is 0.0175. The van der Waals surface area contributed by atoms with E-state index >= 15 is 0 Å². The smallest absolute Gasteiger partial charge is 0.114 e. The van der Waals surface area contributed by atoms with Crippen LogP contribution in [0.3, 0.4) is 0 Å². The predicted octanol–water partition coefficient (Wildman–Crippen LogP) is -0.772. The number of hydrogen-bond acceptors (Lipinski definition) is 12. The summed E-state index contributed by atoms with van der Waals surface area (Å²) < 4.78 is 21.9. The normalized spacial score (nSPS) is 27.2. The van der Waals surface area contributed by atoms with Crippen molar-refractivity contribution in [1.29, 1.82) is 0 Å². The van der Waals surface area contributed by atoms with E-state index in [1.54, 1.807) is 19.0 Å². The number of aliphatic hydroxyl groups excluding tert-OH is 8. The van der Waals surface area contributed by atoms with E-state index < -0.39 is 37.1 Å². The highest BCUT2D eigenvalue weighted by Gasteiger charge is 2.30. The Morgan fingerprint density at radius 1 is 0.895 bits per heavy atom. The number of aliphatic hydroxyl groups is 8. The molecule has 12 nitrogen and oxygen atoms in total. The van der Waals surface area contributed by atoms with Gasteiger partial charge in [0.15, 0.2) is 0 Å². The Morgan fingerprint density at radius 2 is 1.42 bits per heavy atom. The lowest BCUT2D eigenvalue weighted by atomic mass is 9.94. The molecule has 2 aliphatic heterocycles. The quantitative estimate of drug-likeness (QED) is 0.174. The van der Waals surface area contributed by atoms with Gasteiger partial charge in [0.25, 0.3) is 0 Å². The fourth-order valence-electron chi connectivity index (χ4n) is 3.48. The van der Waals surface area contributed by atoms with Crippen molar-refractivity contribution in [3.63, 3.8) is 0 Å². The zero-order valence-corrected chi connectivity index (χ0v) is 24.2. The minimum atomic E-state index is -1.17. The maximum absolute atomic E-state index is 11.6. The van der Waals surface area contributed by atoms with Crippen LogP contribution in [0.25, 0.3) is 0 Å². The summed E-state index contributed by atoms with van der Waals surface area (Å²) in [5, 5.41) is 70.1. The van der Waals surface area contributed by atoms with Crippen LogP contribution < -0.4 is 0 Å². The summed E-state index contributed by atoms with van der Waals surface area (Å²) >= 11 is 0. The highest BCUT2D eigenvalue weighted by molar-refractivity contribution is 4.78. The number of hydrogen-bond donors (Lipinski definition) is 8. The molecule has 0 aliphatic carbocycles. The first-order valence-electron chi connectivity index (χ1n) is 13.1. The van der Waals surface area contributed by atoms with Crippen molar-refractivity contribution in [3.05, 3.63) is 0 Å². The van der Waals surface area contributed by atoms with E-state index in [0.29, 0.717) is 44.9 Å². The van der Waals surface area contributed by atoms with Crippen LogP contribution in [-0.4, -0.2) is 149 Å². The summed E-state index contributed by atoms with van der Waals surface area (Å²) in [6.07, 6.45) is -2.89. The van der Waals surface area contributed by atoms with Gasteiger partial charge in [0, 0.05) is 32.9 Å². The van der Waals surface area contributed by atoms with Crippen molar-refractivity contribution in [1.82, 2.24) is 4.90 Å². The van der Waals surface area contributed by atoms with Crippen LogP contribution in [0.4, 0.5) is 4.53 Å². The third kappa shape index (κ3) is 23.3. The standard InChI is InChI=1S/C9H17FO3.C8H19NO4.C5H10O3.C2H6.CH4O/c1-6(2)9-4-7(11)3-8(13-9)5-12-10;1-9(2)4-6(11)3-7(12)8(13)5-10;6-4-1-5(7)3-8-2-4;2*1-2/h6-9,11H,3-5H2,1-2H3;6-8,10-13H,3-5H2,1-2H3;4-7H,1-3H2;1-2H3;2H,1H3/t;6?,7?,8-;;;/m.1.../s1. The van der Waals surface area contributed by atoms with E-state index in [-0.39, 0.29) is 31.3 Å². The van der Waals surface area contributed by atoms with E-state index in [0.717, 1.165) is 7.11 Å². The van der Waals surface area contributed by atoms with Crippen LogP contribution in [0.1, 0.15) is 53.4 Å². The van der Waals surface area contributed by atoms with Gasteiger partial charge in [-0.15, -0.1) is 0 Å². The molecule has 8 N–H and O–H groups in total. The molecule has 2 saturated heterocycles. The molecule has 0 aromatic carbocycles. The Bertz CT molecular complexity index is 486. The predicted molar refractivity (Wildman–Crippen MR) is 141 cm³/mol. The van der Waals surface area contributed by atoms with Gasteiger partial charge in [0.2, 0.25) is 0 Å². The van der Waals surface area contributed by atoms with Crippen LogP contribution in [0, 0.1) is 5.92 Å². The number of nitrogens with zero attached hydrogens (tertiary/aromatic N) is 1. The lowest BCUT2D eigenvalue weighted by Crippen LogP contribution is -2.40. The Balaban J connectivity index is -0.000000463. The molecular weight excluding hydrogens is 509 g/mol. The molecule has 2 rings (SSSR count). The maximum Gasteiger partial charge on any atom is 0.114 e. The maximum atomic E-state index is 11.6. The summed E-state index contributed by atoms with van der Waals surface area (Å²) in [6.45, 7) is 8.64. The van der Waals surface area contributed by atoms with Crippen LogP contribution in [0.5, 0.6) is 0 Å². The van der Waals surface area contributed by atoms with E-state index in [1.807, 2.05) is 27.7 Å². The second kappa shape index (κ2) is 26.7. The van der Waals surface area contributed by atoms with Crippen molar-refractivity contribution >= 4 is 0 Å². The van der Waals surface area contributed by atoms with Gasteiger partial charge in [-0.05, 0) is 31.0 Å². The number of rotatable bonds is 9. The molecule has 0 aromatic rings. The number of likely N-dealkylation sites (N-methyl/N-ethyl adjacent to an activating group) is 1. The van der Waals surface area contributed by atoms with Gasteiger partial charge in [-0.25, -0.2) is 0 Å². The minimum Gasteiger partial charge on any atom is -0.400 e. The second-order valence-corrected chi connectivity index (χ2v) is 9.49. The van der Waals surface area contributed by atoms with Gasteiger partial charge < -0.3 is 55.2 Å². The lowest BCUT2D eigenvalue weighted by Gasteiger charge is -2.34. The van der Waals surface area contributed by atoms with Crippen LogP contribution >= 0.6 is 0 Å². The zero-order valence-electron chi connectivity index (χ0n) is 24.2. The molecule has 0 saturated carbocycles. The highest BCUT2D eigenvalue weighted by atomic mass is 19.3. The zero-order chi connectivity index (χ0) is 30.3. The van der Waals surface area contributed by atoms with Crippen molar-refractivity contribution < 1.29 is 59.8 Å². The molecule has 8 atom stereocenters. The Hall–Kier alpha value is -0.550. The van der Waals surface area contributed by atoms with Crippen LogP contribution in [0.15, 0.2) is 0 Å². The summed E-state index contributed by atoms with van der Waals surface area (Å²) in [5.41, 5.74) is 0. The summed E-state index contributed by atoms with van der Waals surface area (Å²) in [4.78, 5) is 5.30. The average molecular weight is 566 g/mol. The summed E-state index contributed by atoms with van der Waals surface area (Å²) in [6, 6.07) is 0. The Labute approximate surface area is 227 Å². The van der Waals surface area contributed by atoms with Gasteiger partial charge in [0.1, 0.15) is 12.7 Å². The third-order valence-corrected chi connectivity index (χ3v) is 5.28. The molecule has 2 heterocycles. The fraction of sp³-hybridized carbons (Fsp3) is 1.00. The van der Waals surface area contributed by atoms with Crippen LogP contribution in [-0.2, 0) is 14.4 Å². The van der Waals surface area contributed by atoms with Gasteiger partial charge in [-0.1, -0.05) is 27.7 Å². The van der Waals surface area contributed by atoms with Gasteiger partial charge >= 0.3 is 0 Å². The first-order valence-corrected chi connectivity index (χ1v) is 13.1.